The van der Waals surface area contributed by atoms with Crippen LogP contribution in [0.3, 0.4) is 0 Å². The predicted molar refractivity (Wildman–Crippen MR) is 64.1 cm³/mol. The van der Waals surface area contributed by atoms with E-state index in [0.717, 1.165) is 12.3 Å². The SMILES string of the molecule is CNN(C(=O)O)C(C)CC1CCC(C)CC1. The molecule has 1 saturated carbocycles. The molecule has 0 heterocycles. The van der Waals surface area contributed by atoms with Gasteiger partial charge in [0.05, 0.1) is 0 Å². The van der Waals surface area contributed by atoms with Gasteiger partial charge in [-0.15, -0.1) is 0 Å². The average molecular weight is 228 g/mol. The third-order valence-electron chi connectivity index (χ3n) is 3.70. The molecule has 94 valence electrons. The first kappa shape index (κ1) is 13.3. The van der Waals surface area contributed by atoms with Crippen LogP contribution in [-0.4, -0.2) is 29.3 Å². The van der Waals surface area contributed by atoms with Crippen molar-refractivity contribution in [2.75, 3.05) is 7.05 Å². The summed E-state index contributed by atoms with van der Waals surface area (Å²) in [7, 11) is 1.66. The zero-order chi connectivity index (χ0) is 12.1. The highest BCUT2D eigenvalue weighted by molar-refractivity contribution is 5.64. The van der Waals surface area contributed by atoms with Crippen molar-refractivity contribution >= 4 is 6.09 Å². The van der Waals surface area contributed by atoms with Crippen LogP contribution >= 0.6 is 0 Å². The highest BCUT2D eigenvalue weighted by atomic mass is 16.4. The van der Waals surface area contributed by atoms with Crippen molar-refractivity contribution in [3.63, 3.8) is 0 Å². The zero-order valence-corrected chi connectivity index (χ0v) is 10.6. The van der Waals surface area contributed by atoms with Crippen molar-refractivity contribution in [1.82, 2.24) is 10.4 Å². The first-order valence-corrected chi connectivity index (χ1v) is 6.24. The highest BCUT2D eigenvalue weighted by Gasteiger charge is 2.24. The number of hydrogen-bond acceptors (Lipinski definition) is 2. The largest absolute Gasteiger partial charge is 0.464 e. The third kappa shape index (κ3) is 3.67. The molecular formula is C12H24N2O2. The average Bonchev–Trinajstić information content (AvgIpc) is 2.22. The Bertz CT molecular complexity index is 225. The fourth-order valence-electron chi connectivity index (χ4n) is 2.66. The molecule has 0 spiro atoms. The lowest BCUT2D eigenvalue weighted by Gasteiger charge is -2.32. The highest BCUT2D eigenvalue weighted by Crippen LogP contribution is 2.31. The summed E-state index contributed by atoms with van der Waals surface area (Å²) in [5.41, 5.74) is 2.73. The number of carboxylic acid groups (broad SMARTS) is 1. The summed E-state index contributed by atoms with van der Waals surface area (Å²) in [6, 6.07) is 0.0564. The Morgan fingerprint density at radius 1 is 1.44 bits per heavy atom. The van der Waals surface area contributed by atoms with E-state index in [1.165, 1.54) is 30.7 Å². The maximum Gasteiger partial charge on any atom is 0.422 e. The van der Waals surface area contributed by atoms with E-state index in [1.807, 2.05) is 6.92 Å². The quantitative estimate of drug-likeness (QED) is 0.727. The van der Waals surface area contributed by atoms with E-state index in [4.69, 9.17) is 5.11 Å². The van der Waals surface area contributed by atoms with Gasteiger partial charge in [0.1, 0.15) is 0 Å². The van der Waals surface area contributed by atoms with Gasteiger partial charge in [-0.1, -0.05) is 32.6 Å². The summed E-state index contributed by atoms with van der Waals surface area (Å²) < 4.78 is 0. The summed E-state index contributed by atoms with van der Waals surface area (Å²) in [5.74, 6) is 1.55. The smallest absolute Gasteiger partial charge is 0.422 e. The minimum Gasteiger partial charge on any atom is -0.464 e. The molecule has 0 aromatic rings. The molecule has 0 aliphatic heterocycles. The number of hydrogen-bond donors (Lipinski definition) is 2. The second-order valence-electron chi connectivity index (χ2n) is 5.09. The van der Waals surface area contributed by atoms with Crippen LogP contribution in [0, 0.1) is 11.8 Å². The van der Waals surface area contributed by atoms with Gasteiger partial charge in [-0.3, -0.25) is 0 Å². The summed E-state index contributed by atoms with van der Waals surface area (Å²) >= 11 is 0. The standard InChI is InChI=1S/C12H24N2O2/c1-9-4-6-11(7-5-9)8-10(2)14(13-3)12(15)16/h9-11,13H,4-8H2,1-3H3,(H,15,16). The Hall–Kier alpha value is -0.770. The van der Waals surface area contributed by atoms with E-state index in [0.29, 0.717) is 5.92 Å². The van der Waals surface area contributed by atoms with Crippen LogP contribution in [0.15, 0.2) is 0 Å². The molecule has 0 aromatic carbocycles. The molecule has 0 bridgehead atoms. The molecule has 2 N–H and O–H groups in total. The number of nitrogens with zero attached hydrogens (tertiary/aromatic N) is 1. The van der Waals surface area contributed by atoms with E-state index in [-0.39, 0.29) is 6.04 Å². The predicted octanol–water partition coefficient (Wildman–Crippen LogP) is 2.71. The fourth-order valence-corrected chi connectivity index (χ4v) is 2.66. The number of carbonyl (C=O) groups is 1. The van der Waals surface area contributed by atoms with Gasteiger partial charge >= 0.3 is 6.09 Å². The topological polar surface area (TPSA) is 52.6 Å². The normalized spacial score (nSPS) is 27.4. The first-order chi connectivity index (χ1) is 7.54. The number of amides is 1. The molecule has 4 nitrogen and oxygen atoms in total. The molecule has 1 rings (SSSR count). The molecule has 0 aromatic heterocycles. The van der Waals surface area contributed by atoms with Crippen LogP contribution in [0.5, 0.6) is 0 Å². The molecule has 1 unspecified atom stereocenters. The minimum absolute atomic E-state index is 0.0564. The zero-order valence-electron chi connectivity index (χ0n) is 10.6. The van der Waals surface area contributed by atoms with Gasteiger partial charge in [0.2, 0.25) is 0 Å². The number of rotatable bonds is 4. The van der Waals surface area contributed by atoms with Gasteiger partial charge in [0.15, 0.2) is 0 Å². The Kier molecular flexibility index (Phi) is 5.06. The van der Waals surface area contributed by atoms with E-state index >= 15 is 0 Å². The minimum atomic E-state index is -0.890. The van der Waals surface area contributed by atoms with Gasteiger partial charge in [0, 0.05) is 13.1 Å². The van der Waals surface area contributed by atoms with E-state index in [2.05, 4.69) is 12.3 Å². The Morgan fingerprint density at radius 3 is 2.44 bits per heavy atom. The summed E-state index contributed by atoms with van der Waals surface area (Å²) in [4.78, 5) is 10.9. The summed E-state index contributed by atoms with van der Waals surface area (Å²) in [6.07, 6.45) is 5.18. The van der Waals surface area contributed by atoms with E-state index in [9.17, 15) is 4.79 Å². The summed E-state index contributed by atoms with van der Waals surface area (Å²) in [6.45, 7) is 4.28. The molecule has 1 aliphatic rings. The molecule has 0 radical (unpaired) electrons. The monoisotopic (exact) mass is 228 g/mol. The first-order valence-electron chi connectivity index (χ1n) is 6.24. The molecule has 0 saturated heterocycles. The van der Waals surface area contributed by atoms with Crippen molar-refractivity contribution in [2.45, 2.75) is 52.0 Å². The van der Waals surface area contributed by atoms with Gasteiger partial charge in [-0.25, -0.2) is 15.2 Å². The lowest BCUT2D eigenvalue weighted by molar-refractivity contribution is 0.0913. The molecule has 16 heavy (non-hydrogen) atoms. The Morgan fingerprint density at radius 2 is 2.00 bits per heavy atom. The maximum atomic E-state index is 10.9. The van der Waals surface area contributed by atoms with Gasteiger partial charge in [0.25, 0.3) is 0 Å². The van der Waals surface area contributed by atoms with Crippen molar-refractivity contribution < 1.29 is 9.90 Å². The third-order valence-corrected chi connectivity index (χ3v) is 3.70. The van der Waals surface area contributed by atoms with Gasteiger partial charge in [-0.2, -0.15) is 0 Å². The van der Waals surface area contributed by atoms with Crippen LogP contribution in [-0.2, 0) is 0 Å². The molecule has 4 heteroatoms. The number of hydrazine groups is 1. The van der Waals surface area contributed by atoms with Crippen LogP contribution in [0.4, 0.5) is 4.79 Å². The second kappa shape index (κ2) is 6.09. The molecular weight excluding hydrogens is 204 g/mol. The Balaban J connectivity index is 2.38. The van der Waals surface area contributed by atoms with Crippen molar-refractivity contribution in [1.29, 1.82) is 0 Å². The van der Waals surface area contributed by atoms with E-state index in [1.54, 1.807) is 7.05 Å². The lowest BCUT2D eigenvalue weighted by atomic mass is 9.80. The van der Waals surface area contributed by atoms with Crippen LogP contribution in [0.1, 0.15) is 46.0 Å². The van der Waals surface area contributed by atoms with Crippen LogP contribution < -0.4 is 5.43 Å². The van der Waals surface area contributed by atoms with Crippen molar-refractivity contribution in [2.24, 2.45) is 11.8 Å². The van der Waals surface area contributed by atoms with Crippen LogP contribution in [0.2, 0.25) is 0 Å². The maximum absolute atomic E-state index is 10.9. The molecule has 1 amide bonds. The molecule has 1 fully saturated rings. The fraction of sp³-hybridized carbons (Fsp3) is 0.917. The Labute approximate surface area is 98.0 Å². The van der Waals surface area contributed by atoms with Crippen molar-refractivity contribution in [3.8, 4) is 0 Å². The second-order valence-corrected chi connectivity index (χ2v) is 5.09. The van der Waals surface area contributed by atoms with Gasteiger partial charge in [-0.05, 0) is 25.2 Å². The number of nitrogens with one attached hydrogen (secondary N) is 1. The van der Waals surface area contributed by atoms with Gasteiger partial charge < -0.3 is 5.11 Å². The van der Waals surface area contributed by atoms with E-state index < -0.39 is 6.09 Å². The lowest BCUT2D eigenvalue weighted by Crippen LogP contribution is -2.46. The summed E-state index contributed by atoms with van der Waals surface area (Å²) in [5, 5.41) is 10.3. The molecule has 1 atom stereocenters. The van der Waals surface area contributed by atoms with Crippen LogP contribution in [0.25, 0.3) is 0 Å². The molecule has 1 aliphatic carbocycles. The van der Waals surface area contributed by atoms with Crippen molar-refractivity contribution in [3.05, 3.63) is 0 Å².